The average Bonchev–Trinajstić information content (AvgIpc) is 3.07. The molecule has 4 rings (SSSR count). The molecule has 1 aliphatic rings. The van der Waals surface area contributed by atoms with E-state index in [1.54, 1.807) is 29.3 Å². The minimum absolute atomic E-state index is 0.0978. The lowest BCUT2D eigenvalue weighted by Gasteiger charge is -2.29. The lowest BCUT2D eigenvalue weighted by molar-refractivity contribution is 0.0210. The van der Waals surface area contributed by atoms with E-state index in [0.717, 1.165) is 24.1 Å². The zero-order valence-electron chi connectivity index (χ0n) is 16.4. The molecule has 3 aromatic rings. The molecular formula is C20H23ClN6O2. The first-order valence-electron chi connectivity index (χ1n) is 9.69. The molecule has 1 amide bonds. The third kappa shape index (κ3) is 4.18. The van der Waals surface area contributed by atoms with Crippen molar-refractivity contribution in [1.82, 2.24) is 24.9 Å². The van der Waals surface area contributed by atoms with E-state index in [1.165, 1.54) is 0 Å². The largest absolute Gasteiger partial charge is 0.377 e. The summed E-state index contributed by atoms with van der Waals surface area (Å²) >= 11 is 5.99. The Morgan fingerprint density at radius 2 is 2.17 bits per heavy atom. The number of hydrogen-bond donors (Lipinski definition) is 2. The number of rotatable bonds is 7. The molecule has 0 aromatic carbocycles. The second-order valence-corrected chi connectivity index (χ2v) is 7.69. The Kier molecular flexibility index (Phi) is 5.64. The highest BCUT2D eigenvalue weighted by molar-refractivity contribution is 6.30. The van der Waals surface area contributed by atoms with Crippen molar-refractivity contribution in [1.29, 1.82) is 0 Å². The third-order valence-corrected chi connectivity index (χ3v) is 5.04. The molecule has 0 saturated carbocycles. The van der Waals surface area contributed by atoms with Crippen LogP contribution in [0.25, 0.3) is 16.9 Å². The van der Waals surface area contributed by atoms with Crippen LogP contribution in [0.4, 0.5) is 5.69 Å². The molecule has 4 heterocycles. The first-order chi connectivity index (χ1) is 14.0. The molecule has 0 spiro atoms. The summed E-state index contributed by atoms with van der Waals surface area (Å²) < 4.78 is 6.87. The van der Waals surface area contributed by atoms with Gasteiger partial charge in [0.25, 0.3) is 5.91 Å². The number of aromatic nitrogens is 4. The molecule has 0 radical (unpaired) electrons. The molecule has 1 unspecified atom stereocenters. The molecule has 0 bridgehead atoms. The molecule has 152 valence electrons. The Balaban J connectivity index is 1.68. The van der Waals surface area contributed by atoms with Crippen LogP contribution in [0.2, 0.25) is 5.02 Å². The molecular weight excluding hydrogens is 392 g/mol. The summed E-state index contributed by atoms with van der Waals surface area (Å²) in [5.74, 6) is -0.141. The average molecular weight is 415 g/mol. The summed E-state index contributed by atoms with van der Waals surface area (Å²) in [5.41, 5.74) is 3.32. The van der Waals surface area contributed by atoms with Crippen molar-refractivity contribution in [2.45, 2.75) is 38.8 Å². The predicted octanol–water partition coefficient (Wildman–Crippen LogP) is 3.17. The fourth-order valence-electron chi connectivity index (χ4n) is 3.28. The monoisotopic (exact) mass is 414 g/mol. The molecule has 3 aromatic heterocycles. The van der Waals surface area contributed by atoms with Gasteiger partial charge in [0.2, 0.25) is 0 Å². The molecule has 1 aliphatic heterocycles. The number of nitrogens with one attached hydrogen (secondary N) is 2. The number of anilines is 1. The van der Waals surface area contributed by atoms with Gasteiger partial charge in [0.15, 0.2) is 5.65 Å². The molecule has 29 heavy (non-hydrogen) atoms. The summed E-state index contributed by atoms with van der Waals surface area (Å²) in [6.45, 7) is 5.33. The number of amides is 1. The van der Waals surface area contributed by atoms with Gasteiger partial charge in [-0.05, 0) is 19.4 Å². The summed E-state index contributed by atoms with van der Waals surface area (Å²) in [5, 5.41) is 11.2. The Morgan fingerprint density at radius 3 is 2.90 bits per heavy atom. The number of ether oxygens (including phenoxy) is 1. The van der Waals surface area contributed by atoms with Gasteiger partial charge in [-0.1, -0.05) is 24.9 Å². The highest BCUT2D eigenvalue weighted by Gasteiger charge is 2.23. The van der Waals surface area contributed by atoms with Crippen LogP contribution >= 0.6 is 11.6 Å². The van der Waals surface area contributed by atoms with Gasteiger partial charge in [-0.3, -0.25) is 9.78 Å². The first-order valence-corrected chi connectivity index (χ1v) is 10.1. The van der Waals surface area contributed by atoms with Gasteiger partial charge < -0.3 is 15.4 Å². The van der Waals surface area contributed by atoms with Crippen LogP contribution in [0.15, 0.2) is 30.9 Å². The molecule has 9 heteroatoms. The van der Waals surface area contributed by atoms with Crippen LogP contribution in [0.5, 0.6) is 0 Å². The van der Waals surface area contributed by atoms with Gasteiger partial charge in [-0.25, -0.2) is 9.50 Å². The highest BCUT2D eigenvalue weighted by atomic mass is 35.5. The van der Waals surface area contributed by atoms with Crippen LogP contribution in [-0.4, -0.2) is 50.8 Å². The summed E-state index contributed by atoms with van der Waals surface area (Å²) in [7, 11) is 0. The SMILES string of the molecule is CCCC(C)NC(=O)c1cnc(-c2cnn3cc(Cl)cnc23)cc1NC1COC1. The van der Waals surface area contributed by atoms with E-state index < -0.39 is 0 Å². The fourth-order valence-corrected chi connectivity index (χ4v) is 3.42. The van der Waals surface area contributed by atoms with E-state index in [2.05, 4.69) is 32.6 Å². The van der Waals surface area contributed by atoms with E-state index in [9.17, 15) is 4.79 Å². The maximum atomic E-state index is 12.8. The van der Waals surface area contributed by atoms with Crippen molar-refractivity contribution in [2.24, 2.45) is 0 Å². The van der Waals surface area contributed by atoms with Crippen molar-refractivity contribution >= 4 is 28.8 Å². The number of carbonyl (C=O) groups excluding carboxylic acids is 1. The maximum Gasteiger partial charge on any atom is 0.255 e. The number of hydrogen-bond acceptors (Lipinski definition) is 6. The highest BCUT2D eigenvalue weighted by Crippen LogP contribution is 2.27. The number of carbonyl (C=O) groups is 1. The van der Waals surface area contributed by atoms with E-state index in [4.69, 9.17) is 16.3 Å². The number of pyridine rings is 1. The zero-order valence-corrected chi connectivity index (χ0v) is 17.1. The third-order valence-electron chi connectivity index (χ3n) is 4.85. The van der Waals surface area contributed by atoms with Gasteiger partial charge in [-0.15, -0.1) is 0 Å². The van der Waals surface area contributed by atoms with Gasteiger partial charge in [0.1, 0.15) is 0 Å². The predicted molar refractivity (Wildman–Crippen MR) is 111 cm³/mol. The lowest BCUT2D eigenvalue weighted by Crippen LogP contribution is -2.41. The number of halogens is 1. The van der Waals surface area contributed by atoms with E-state index in [1.807, 2.05) is 13.0 Å². The van der Waals surface area contributed by atoms with Crippen molar-refractivity contribution in [2.75, 3.05) is 18.5 Å². The van der Waals surface area contributed by atoms with E-state index in [0.29, 0.717) is 35.1 Å². The lowest BCUT2D eigenvalue weighted by atomic mass is 10.1. The first kappa shape index (κ1) is 19.6. The second-order valence-electron chi connectivity index (χ2n) is 7.26. The van der Waals surface area contributed by atoms with Crippen molar-refractivity contribution in [3.63, 3.8) is 0 Å². The van der Waals surface area contributed by atoms with Crippen LogP contribution < -0.4 is 10.6 Å². The molecule has 2 N–H and O–H groups in total. The Hall–Kier alpha value is -2.71. The molecule has 8 nitrogen and oxygen atoms in total. The van der Waals surface area contributed by atoms with Gasteiger partial charge >= 0.3 is 0 Å². The fraction of sp³-hybridized carbons (Fsp3) is 0.400. The second kappa shape index (κ2) is 8.34. The van der Waals surface area contributed by atoms with Crippen LogP contribution in [0.3, 0.4) is 0 Å². The topological polar surface area (TPSA) is 93.4 Å². The summed E-state index contributed by atoms with van der Waals surface area (Å²) in [4.78, 5) is 21.7. The quantitative estimate of drug-likeness (QED) is 0.616. The normalized spacial score (nSPS) is 15.1. The smallest absolute Gasteiger partial charge is 0.255 e. The molecule has 0 aliphatic carbocycles. The van der Waals surface area contributed by atoms with Gasteiger partial charge in [0, 0.05) is 18.4 Å². The maximum absolute atomic E-state index is 12.8. The molecule has 1 atom stereocenters. The van der Waals surface area contributed by atoms with Crippen LogP contribution in [0, 0.1) is 0 Å². The van der Waals surface area contributed by atoms with Crippen LogP contribution in [0.1, 0.15) is 37.0 Å². The Morgan fingerprint density at radius 1 is 1.34 bits per heavy atom. The number of nitrogens with zero attached hydrogens (tertiary/aromatic N) is 4. The van der Waals surface area contributed by atoms with E-state index in [-0.39, 0.29) is 18.0 Å². The van der Waals surface area contributed by atoms with Crippen LogP contribution in [-0.2, 0) is 4.74 Å². The summed E-state index contributed by atoms with van der Waals surface area (Å²) in [6.07, 6.45) is 8.49. The van der Waals surface area contributed by atoms with Gasteiger partial charge in [-0.2, -0.15) is 5.10 Å². The Labute approximate surface area is 173 Å². The zero-order chi connectivity index (χ0) is 20.4. The summed E-state index contributed by atoms with van der Waals surface area (Å²) in [6, 6.07) is 2.14. The van der Waals surface area contributed by atoms with Crippen molar-refractivity contribution < 1.29 is 9.53 Å². The number of fused-ring (bicyclic) bond motifs is 1. The van der Waals surface area contributed by atoms with Crippen molar-refractivity contribution in [3.8, 4) is 11.3 Å². The van der Waals surface area contributed by atoms with Crippen molar-refractivity contribution in [3.05, 3.63) is 41.4 Å². The minimum Gasteiger partial charge on any atom is -0.377 e. The minimum atomic E-state index is -0.141. The van der Waals surface area contributed by atoms with E-state index >= 15 is 0 Å². The Bertz CT molecular complexity index is 1030. The van der Waals surface area contributed by atoms with Gasteiger partial charge in [0.05, 0.1) is 59.2 Å². The molecule has 1 saturated heterocycles. The molecule has 1 fully saturated rings. The standard InChI is InChI=1S/C20H23ClN6O2/c1-3-4-12(2)25-20(28)16-7-22-17(5-18(16)26-14-10-29-11-14)15-8-24-27-9-13(21)6-23-19(15)27/h5-9,12,14H,3-4,10-11H2,1-2H3,(H,22,26)(H,25,28).